The molecule has 1 saturated heterocycles. The van der Waals surface area contributed by atoms with Gasteiger partial charge in [-0.1, -0.05) is 18.2 Å². The molecular formula is C21H22N2O. The highest BCUT2D eigenvalue weighted by Crippen LogP contribution is 2.27. The third-order valence-corrected chi connectivity index (χ3v) is 4.78. The molecule has 0 atom stereocenters. The van der Waals surface area contributed by atoms with Gasteiger partial charge in [-0.25, -0.2) is 4.98 Å². The second-order valence-electron chi connectivity index (χ2n) is 6.35. The lowest BCUT2D eigenvalue weighted by Crippen LogP contribution is -2.30. The van der Waals surface area contributed by atoms with Crippen LogP contribution in [0.3, 0.4) is 0 Å². The molecule has 3 heteroatoms. The fraction of sp³-hybridized carbons (Fsp3) is 0.286. The zero-order chi connectivity index (χ0) is 16.4. The monoisotopic (exact) mass is 318 g/mol. The Morgan fingerprint density at radius 1 is 0.833 bits per heavy atom. The summed E-state index contributed by atoms with van der Waals surface area (Å²) >= 11 is 0. The van der Waals surface area contributed by atoms with Crippen molar-refractivity contribution in [2.24, 2.45) is 0 Å². The molecule has 122 valence electrons. The van der Waals surface area contributed by atoms with Gasteiger partial charge in [-0.05, 0) is 66.8 Å². The number of fused-ring (bicyclic) bond motifs is 1. The lowest BCUT2D eigenvalue weighted by molar-refractivity contribution is 0.415. The van der Waals surface area contributed by atoms with E-state index in [0.717, 1.165) is 30.2 Å². The average Bonchev–Trinajstić information content (AvgIpc) is 2.68. The summed E-state index contributed by atoms with van der Waals surface area (Å²) in [7, 11) is 1.69. The van der Waals surface area contributed by atoms with Gasteiger partial charge in [0.2, 0.25) is 0 Å². The van der Waals surface area contributed by atoms with Crippen LogP contribution in [0.15, 0.2) is 54.6 Å². The molecule has 0 aliphatic carbocycles. The predicted molar refractivity (Wildman–Crippen MR) is 99.8 cm³/mol. The summed E-state index contributed by atoms with van der Waals surface area (Å²) in [5.41, 5.74) is 3.46. The fourth-order valence-corrected chi connectivity index (χ4v) is 3.38. The number of aromatic nitrogens is 1. The Bertz CT molecular complexity index is 836. The second kappa shape index (κ2) is 6.52. The summed E-state index contributed by atoms with van der Waals surface area (Å²) in [6, 6.07) is 19.0. The van der Waals surface area contributed by atoms with E-state index in [9.17, 15) is 0 Å². The Kier molecular flexibility index (Phi) is 4.08. The average molecular weight is 318 g/mol. The topological polar surface area (TPSA) is 25.4 Å². The summed E-state index contributed by atoms with van der Waals surface area (Å²) in [6.45, 7) is 2.25. The van der Waals surface area contributed by atoms with Crippen LogP contribution in [0.4, 0.5) is 5.82 Å². The Balaban J connectivity index is 1.65. The van der Waals surface area contributed by atoms with Crippen LogP contribution in [0.2, 0.25) is 0 Å². The van der Waals surface area contributed by atoms with Gasteiger partial charge in [0.25, 0.3) is 0 Å². The lowest BCUT2D eigenvalue weighted by atomic mass is 10.0. The maximum absolute atomic E-state index is 5.23. The largest absolute Gasteiger partial charge is 0.497 e. The first-order valence-electron chi connectivity index (χ1n) is 8.64. The highest BCUT2D eigenvalue weighted by Gasteiger charge is 2.12. The molecule has 0 radical (unpaired) electrons. The molecule has 3 nitrogen and oxygen atoms in total. The first kappa shape index (κ1) is 15.0. The van der Waals surface area contributed by atoms with E-state index in [-0.39, 0.29) is 0 Å². The standard InChI is InChI=1S/C21H22N2O/c1-24-19-9-5-16(6-10-19)17-7-11-20-18(15-17)8-12-21(22-20)23-13-3-2-4-14-23/h5-12,15H,2-4,13-14H2,1H3. The highest BCUT2D eigenvalue weighted by atomic mass is 16.5. The van der Waals surface area contributed by atoms with Crippen molar-refractivity contribution >= 4 is 16.7 Å². The van der Waals surface area contributed by atoms with Gasteiger partial charge in [-0.2, -0.15) is 0 Å². The number of ether oxygens (including phenoxy) is 1. The van der Waals surface area contributed by atoms with Crippen molar-refractivity contribution in [1.29, 1.82) is 0 Å². The van der Waals surface area contributed by atoms with Crippen molar-refractivity contribution in [3.8, 4) is 16.9 Å². The van der Waals surface area contributed by atoms with Gasteiger partial charge in [0.15, 0.2) is 0 Å². The van der Waals surface area contributed by atoms with Gasteiger partial charge >= 0.3 is 0 Å². The molecule has 1 aliphatic rings. The van der Waals surface area contributed by atoms with Crippen LogP contribution in [0.5, 0.6) is 5.75 Å². The van der Waals surface area contributed by atoms with Crippen LogP contribution in [0.1, 0.15) is 19.3 Å². The molecule has 0 unspecified atom stereocenters. The minimum absolute atomic E-state index is 0.882. The first-order chi connectivity index (χ1) is 11.8. The van der Waals surface area contributed by atoms with E-state index in [4.69, 9.17) is 9.72 Å². The summed E-state index contributed by atoms with van der Waals surface area (Å²) in [6.07, 6.45) is 3.89. The van der Waals surface area contributed by atoms with E-state index in [1.54, 1.807) is 7.11 Å². The van der Waals surface area contributed by atoms with Crippen LogP contribution in [0, 0.1) is 0 Å². The highest BCUT2D eigenvalue weighted by molar-refractivity contribution is 5.85. The Labute approximate surface area is 142 Å². The molecule has 1 aliphatic heterocycles. The maximum Gasteiger partial charge on any atom is 0.129 e. The molecule has 0 N–H and O–H groups in total. The van der Waals surface area contributed by atoms with Crippen molar-refractivity contribution in [2.45, 2.75) is 19.3 Å². The van der Waals surface area contributed by atoms with Gasteiger partial charge in [0, 0.05) is 18.5 Å². The molecule has 0 spiro atoms. The van der Waals surface area contributed by atoms with Gasteiger partial charge in [0.05, 0.1) is 12.6 Å². The summed E-state index contributed by atoms with van der Waals surface area (Å²) in [5, 5.41) is 1.18. The molecule has 3 aromatic rings. The molecule has 2 aromatic carbocycles. The van der Waals surface area contributed by atoms with Crippen molar-refractivity contribution < 1.29 is 4.74 Å². The van der Waals surface area contributed by atoms with E-state index in [1.165, 1.54) is 35.8 Å². The summed E-state index contributed by atoms with van der Waals surface area (Å²) in [4.78, 5) is 7.27. The minimum Gasteiger partial charge on any atom is -0.497 e. The number of anilines is 1. The molecule has 1 fully saturated rings. The van der Waals surface area contributed by atoms with E-state index in [2.05, 4.69) is 47.4 Å². The third kappa shape index (κ3) is 2.94. The molecule has 0 amide bonds. The zero-order valence-corrected chi connectivity index (χ0v) is 14.0. The smallest absolute Gasteiger partial charge is 0.129 e. The predicted octanol–water partition coefficient (Wildman–Crippen LogP) is 4.90. The van der Waals surface area contributed by atoms with E-state index >= 15 is 0 Å². The van der Waals surface area contributed by atoms with Crippen molar-refractivity contribution in [2.75, 3.05) is 25.1 Å². The first-order valence-corrected chi connectivity index (χ1v) is 8.64. The minimum atomic E-state index is 0.882. The number of methoxy groups -OCH3 is 1. The van der Waals surface area contributed by atoms with E-state index in [1.807, 2.05) is 12.1 Å². The normalized spacial score (nSPS) is 14.8. The van der Waals surface area contributed by atoms with Crippen molar-refractivity contribution in [3.05, 3.63) is 54.6 Å². The summed E-state index contributed by atoms with van der Waals surface area (Å²) in [5.74, 6) is 1.99. The third-order valence-electron chi connectivity index (χ3n) is 4.78. The number of pyridine rings is 1. The van der Waals surface area contributed by atoms with Crippen LogP contribution < -0.4 is 9.64 Å². The van der Waals surface area contributed by atoms with Gasteiger partial charge in [-0.3, -0.25) is 0 Å². The van der Waals surface area contributed by atoms with E-state index in [0.29, 0.717) is 0 Å². The molecule has 2 heterocycles. The van der Waals surface area contributed by atoms with Gasteiger partial charge in [-0.15, -0.1) is 0 Å². The molecule has 0 saturated carbocycles. The summed E-state index contributed by atoms with van der Waals surface area (Å²) < 4.78 is 5.23. The Morgan fingerprint density at radius 2 is 1.58 bits per heavy atom. The lowest BCUT2D eigenvalue weighted by Gasteiger charge is -2.27. The van der Waals surface area contributed by atoms with Gasteiger partial charge in [0.1, 0.15) is 11.6 Å². The quantitative estimate of drug-likeness (QED) is 0.687. The second-order valence-corrected chi connectivity index (χ2v) is 6.35. The number of hydrogen-bond acceptors (Lipinski definition) is 3. The molecule has 1 aromatic heterocycles. The molecule has 4 rings (SSSR count). The van der Waals surface area contributed by atoms with Crippen molar-refractivity contribution in [1.82, 2.24) is 4.98 Å². The molecular weight excluding hydrogens is 296 g/mol. The number of piperidine rings is 1. The van der Waals surface area contributed by atoms with Gasteiger partial charge < -0.3 is 9.64 Å². The van der Waals surface area contributed by atoms with Crippen LogP contribution in [0.25, 0.3) is 22.0 Å². The number of benzene rings is 2. The Morgan fingerprint density at radius 3 is 2.33 bits per heavy atom. The van der Waals surface area contributed by atoms with Crippen LogP contribution in [-0.2, 0) is 0 Å². The van der Waals surface area contributed by atoms with E-state index < -0.39 is 0 Å². The van der Waals surface area contributed by atoms with Crippen molar-refractivity contribution in [3.63, 3.8) is 0 Å². The number of rotatable bonds is 3. The maximum atomic E-state index is 5.23. The SMILES string of the molecule is COc1ccc(-c2ccc3nc(N4CCCCC4)ccc3c2)cc1. The number of hydrogen-bond donors (Lipinski definition) is 0. The number of nitrogens with zero attached hydrogens (tertiary/aromatic N) is 2. The van der Waals surface area contributed by atoms with Crippen LogP contribution in [-0.4, -0.2) is 25.2 Å². The molecule has 0 bridgehead atoms. The Hall–Kier alpha value is -2.55. The van der Waals surface area contributed by atoms with Crippen LogP contribution >= 0.6 is 0 Å². The zero-order valence-electron chi connectivity index (χ0n) is 14.0. The fourth-order valence-electron chi connectivity index (χ4n) is 3.38. The molecule has 24 heavy (non-hydrogen) atoms.